The Kier molecular flexibility index (Phi) is 6.49. The molecule has 0 unspecified atom stereocenters. The lowest BCUT2D eigenvalue weighted by Gasteiger charge is -2.13. The summed E-state index contributed by atoms with van der Waals surface area (Å²) in [5.74, 6) is 1.14. The molecule has 0 N–H and O–H groups in total. The standard InChI is InChI=1S/C23H18INO4S/c1-2-27-20-13-16(7-10-19(20)28-14-15-5-8-17(24)9-6-15)12-18-23(26)29-22(25-18)21-4-3-11-30-21/h3-13H,2,14H2,1H3/b18-12+. The van der Waals surface area contributed by atoms with E-state index >= 15 is 0 Å². The van der Waals surface area contributed by atoms with E-state index in [1.165, 1.54) is 14.9 Å². The number of halogens is 1. The summed E-state index contributed by atoms with van der Waals surface area (Å²) < 4.78 is 18.2. The predicted octanol–water partition coefficient (Wildman–Crippen LogP) is 5.67. The number of carbonyl (C=O) groups is 1. The maximum absolute atomic E-state index is 12.2. The number of carbonyl (C=O) groups excluding carboxylic acids is 1. The van der Waals surface area contributed by atoms with E-state index in [0.717, 1.165) is 16.0 Å². The lowest BCUT2D eigenvalue weighted by atomic mass is 10.1. The molecule has 0 saturated heterocycles. The molecule has 0 bridgehead atoms. The van der Waals surface area contributed by atoms with Gasteiger partial charge in [-0.25, -0.2) is 9.79 Å². The first kappa shape index (κ1) is 20.6. The van der Waals surface area contributed by atoms with Crippen molar-refractivity contribution in [2.75, 3.05) is 6.61 Å². The summed E-state index contributed by atoms with van der Waals surface area (Å²) in [7, 11) is 0. The number of aliphatic imine (C=N–C) groups is 1. The van der Waals surface area contributed by atoms with E-state index in [9.17, 15) is 4.79 Å². The van der Waals surface area contributed by atoms with Gasteiger partial charge in [0, 0.05) is 3.57 Å². The van der Waals surface area contributed by atoms with E-state index in [-0.39, 0.29) is 5.70 Å². The van der Waals surface area contributed by atoms with Crippen LogP contribution in [0.25, 0.3) is 6.08 Å². The van der Waals surface area contributed by atoms with Gasteiger partial charge in [-0.3, -0.25) is 0 Å². The zero-order valence-corrected chi connectivity index (χ0v) is 19.1. The van der Waals surface area contributed by atoms with Gasteiger partial charge in [-0.1, -0.05) is 24.3 Å². The molecule has 1 aliphatic rings. The minimum absolute atomic E-state index is 0.258. The van der Waals surface area contributed by atoms with E-state index in [0.29, 0.717) is 30.6 Å². The summed E-state index contributed by atoms with van der Waals surface area (Å²) in [6, 6.07) is 17.5. The zero-order chi connectivity index (χ0) is 20.9. The Balaban J connectivity index is 1.54. The lowest BCUT2D eigenvalue weighted by molar-refractivity contribution is -0.129. The largest absolute Gasteiger partial charge is 0.490 e. The van der Waals surface area contributed by atoms with Crippen LogP contribution in [0.4, 0.5) is 0 Å². The topological polar surface area (TPSA) is 57.1 Å². The Morgan fingerprint density at radius 1 is 1.10 bits per heavy atom. The Morgan fingerprint density at radius 2 is 1.93 bits per heavy atom. The van der Waals surface area contributed by atoms with Crippen molar-refractivity contribution in [1.29, 1.82) is 0 Å². The number of nitrogens with zero attached hydrogens (tertiary/aromatic N) is 1. The maximum Gasteiger partial charge on any atom is 0.363 e. The second kappa shape index (κ2) is 9.44. The molecule has 4 rings (SSSR count). The molecule has 3 aromatic rings. The summed E-state index contributed by atoms with van der Waals surface area (Å²) in [6.45, 7) is 2.86. The van der Waals surface area contributed by atoms with Gasteiger partial charge in [0.2, 0.25) is 5.90 Å². The second-order valence-corrected chi connectivity index (χ2v) is 8.56. The molecule has 5 nitrogen and oxygen atoms in total. The fourth-order valence-corrected chi connectivity index (χ4v) is 3.82. The van der Waals surface area contributed by atoms with Crippen LogP contribution in [0.15, 0.2) is 70.7 Å². The van der Waals surface area contributed by atoms with E-state index in [1.54, 1.807) is 6.08 Å². The number of benzene rings is 2. The monoisotopic (exact) mass is 531 g/mol. The van der Waals surface area contributed by atoms with Crippen LogP contribution in [0.1, 0.15) is 22.9 Å². The number of hydrogen-bond acceptors (Lipinski definition) is 6. The number of rotatable bonds is 7. The van der Waals surface area contributed by atoms with Crippen LogP contribution in [0.3, 0.4) is 0 Å². The van der Waals surface area contributed by atoms with Crippen molar-refractivity contribution in [1.82, 2.24) is 0 Å². The van der Waals surface area contributed by atoms with Crippen LogP contribution in [0, 0.1) is 3.57 Å². The molecule has 0 saturated carbocycles. The van der Waals surface area contributed by atoms with Crippen molar-refractivity contribution >= 4 is 51.9 Å². The highest BCUT2D eigenvalue weighted by molar-refractivity contribution is 14.1. The number of hydrogen-bond donors (Lipinski definition) is 0. The van der Waals surface area contributed by atoms with Gasteiger partial charge in [0.25, 0.3) is 0 Å². The molecule has 1 aliphatic heterocycles. The summed E-state index contributed by atoms with van der Waals surface area (Å²) in [5.41, 5.74) is 2.12. The highest BCUT2D eigenvalue weighted by atomic mass is 127. The Morgan fingerprint density at radius 3 is 2.67 bits per heavy atom. The molecule has 0 fully saturated rings. The summed E-state index contributed by atoms with van der Waals surface area (Å²) in [4.78, 5) is 17.3. The Bertz CT molecular complexity index is 1100. The minimum atomic E-state index is -0.463. The Hall–Kier alpha value is -2.65. The number of cyclic esters (lactones) is 1. The van der Waals surface area contributed by atoms with Gasteiger partial charge >= 0.3 is 5.97 Å². The first-order valence-corrected chi connectivity index (χ1v) is 11.3. The van der Waals surface area contributed by atoms with Gasteiger partial charge in [0.1, 0.15) is 6.61 Å². The minimum Gasteiger partial charge on any atom is -0.490 e. The van der Waals surface area contributed by atoms with E-state index < -0.39 is 5.97 Å². The number of ether oxygens (including phenoxy) is 3. The van der Waals surface area contributed by atoms with Gasteiger partial charge in [0.15, 0.2) is 17.2 Å². The van der Waals surface area contributed by atoms with Crippen LogP contribution < -0.4 is 9.47 Å². The van der Waals surface area contributed by atoms with Crippen LogP contribution in [-0.4, -0.2) is 18.5 Å². The van der Waals surface area contributed by atoms with Crippen LogP contribution in [-0.2, 0) is 16.1 Å². The number of thiophene rings is 1. The van der Waals surface area contributed by atoms with Crippen LogP contribution in [0.2, 0.25) is 0 Å². The first-order chi connectivity index (χ1) is 14.6. The molecule has 2 heterocycles. The van der Waals surface area contributed by atoms with Gasteiger partial charge in [0.05, 0.1) is 11.5 Å². The molecule has 0 amide bonds. The summed E-state index contributed by atoms with van der Waals surface area (Å²) in [6.07, 6.45) is 1.69. The molecule has 152 valence electrons. The van der Waals surface area contributed by atoms with Crippen molar-refractivity contribution in [3.63, 3.8) is 0 Å². The third kappa shape index (κ3) is 4.91. The highest BCUT2D eigenvalue weighted by Gasteiger charge is 2.24. The normalized spacial score (nSPS) is 14.5. The first-order valence-electron chi connectivity index (χ1n) is 9.33. The van der Waals surface area contributed by atoms with Crippen molar-refractivity contribution in [2.24, 2.45) is 4.99 Å². The quantitative estimate of drug-likeness (QED) is 0.224. The van der Waals surface area contributed by atoms with Gasteiger partial charge in [-0.15, -0.1) is 11.3 Å². The van der Waals surface area contributed by atoms with E-state index in [1.807, 2.05) is 66.9 Å². The molecular weight excluding hydrogens is 513 g/mol. The average molecular weight is 531 g/mol. The zero-order valence-electron chi connectivity index (χ0n) is 16.1. The van der Waals surface area contributed by atoms with Crippen molar-refractivity contribution < 1.29 is 19.0 Å². The second-order valence-electron chi connectivity index (χ2n) is 6.37. The van der Waals surface area contributed by atoms with Gasteiger partial charge in [-0.2, -0.15) is 0 Å². The third-order valence-corrected chi connectivity index (χ3v) is 5.81. The van der Waals surface area contributed by atoms with Gasteiger partial charge in [-0.05, 0) is 82.4 Å². The molecule has 7 heteroatoms. The molecule has 2 aromatic carbocycles. The smallest absolute Gasteiger partial charge is 0.363 e. The lowest BCUT2D eigenvalue weighted by Crippen LogP contribution is -2.03. The average Bonchev–Trinajstić information content (AvgIpc) is 3.39. The summed E-state index contributed by atoms with van der Waals surface area (Å²) in [5, 5.41) is 1.91. The molecule has 0 atom stereocenters. The fraction of sp³-hybridized carbons (Fsp3) is 0.130. The fourth-order valence-electron chi connectivity index (χ4n) is 2.82. The molecule has 0 radical (unpaired) electrons. The van der Waals surface area contributed by atoms with Crippen LogP contribution >= 0.6 is 33.9 Å². The molecule has 1 aromatic heterocycles. The van der Waals surface area contributed by atoms with Gasteiger partial charge < -0.3 is 14.2 Å². The SMILES string of the molecule is CCOc1cc(/C=C2/N=C(c3cccs3)OC2=O)ccc1OCc1ccc(I)cc1. The Labute approximate surface area is 192 Å². The van der Waals surface area contributed by atoms with E-state index in [2.05, 4.69) is 27.6 Å². The molecular formula is C23H18INO4S. The maximum atomic E-state index is 12.2. The predicted molar refractivity (Wildman–Crippen MR) is 126 cm³/mol. The summed E-state index contributed by atoms with van der Waals surface area (Å²) >= 11 is 3.75. The van der Waals surface area contributed by atoms with Crippen molar-refractivity contribution in [2.45, 2.75) is 13.5 Å². The number of esters is 1. The third-order valence-electron chi connectivity index (χ3n) is 4.23. The van der Waals surface area contributed by atoms with E-state index in [4.69, 9.17) is 14.2 Å². The molecule has 0 aliphatic carbocycles. The molecule has 0 spiro atoms. The highest BCUT2D eigenvalue weighted by Crippen LogP contribution is 2.31. The van der Waals surface area contributed by atoms with Crippen molar-refractivity contribution in [3.8, 4) is 11.5 Å². The van der Waals surface area contributed by atoms with Crippen molar-refractivity contribution in [3.05, 3.63) is 85.2 Å². The molecule has 30 heavy (non-hydrogen) atoms. The van der Waals surface area contributed by atoms with Crippen LogP contribution in [0.5, 0.6) is 11.5 Å².